The van der Waals surface area contributed by atoms with Crippen LogP contribution in [0.3, 0.4) is 0 Å². The number of thiazole rings is 1. The van der Waals surface area contributed by atoms with Gasteiger partial charge in [0.2, 0.25) is 11.0 Å². The molecule has 4 aromatic rings. The second-order valence-corrected chi connectivity index (χ2v) is 9.22. The van der Waals surface area contributed by atoms with E-state index < -0.39 is 17.7 Å². The molecular weight excluding hydrogens is 493 g/mol. The molecule has 5 rings (SSSR count). The van der Waals surface area contributed by atoms with Crippen LogP contribution in [0.15, 0.2) is 46.9 Å². The Morgan fingerprint density at radius 3 is 2.81 bits per heavy atom. The van der Waals surface area contributed by atoms with Crippen LogP contribution < -0.4 is 5.32 Å². The summed E-state index contributed by atoms with van der Waals surface area (Å²) in [7, 11) is 0. The largest absolute Gasteiger partial charge is 0.416 e. The standard InChI is InChI=1S/C21H14BrF3N4OS/c1-10-18-14(11-3-2-4-12(7-11)21(23,24)25)9-17(30)27-19(18)29(28-10)20-26-15-6-5-13(22)8-16(15)31-20/h2-8,14H,9H2,1H3,(H,27,30)/t14-/m0/s1. The normalized spacial score (nSPS) is 16.4. The Morgan fingerprint density at radius 1 is 1.23 bits per heavy atom. The highest BCUT2D eigenvalue weighted by molar-refractivity contribution is 9.10. The molecule has 1 atom stereocenters. The highest BCUT2D eigenvalue weighted by atomic mass is 79.9. The zero-order valence-electron chi connectivity index (χ0n) is 16.0. The van der Waals surface area contributed by atoms with Gasteiger partial charge >= 0.3 is 6.18 Å². The highest BCUT2D eigenvalue weighted by Crippen LogP contribution is 2.42. The van der Waals surface area contributed by atoms with Crippen LogP contribution in [0.25, 0.3) is 15.3 Å². The molecule has 0 bridgehead atoms. The number of hydrogen-bond donors (Lipinski definition) is 1. The Balaban J connectivity index is 1.65. The van der Waals surface area contributed by atoms with Crippen molar-refractivity contribution in [2.75, 3.05) is 5.32 Å². The van der Waals surface area contributed by atoms with Gasteiger partial charge in [-0.3, -0.25) is 4.79 Å². The van der Waals surface area contributed by atoms with E-state index in [1.54, 1.807) is 17.7 Å². The van der Waals surface area contributed by atoms with Crippen LogP contribution in [0.5, 0.6) is 0 Å². The number of hydrogen-bond acceptors (Lipinski definition) is 4. The maximum Gasteiger partial charge on any atom is 0.416 e. The van der Waals surface area contributed by atoms with E-state index in [4.69, 9.17) is 0 Å². The van der Waals surface area contributed by atoms with Gasteiger partial charge in [0.15, 0.2) is 0 Å². The third-order valence-electron chi connectivity index (χ3n) is 5.24. The van der Waals surface area contributed by atoms with Crippen molar-refractivity contribution in [3.63, 3.8) is 0 Å². The van der Waals surface area contributed by atoms with Crippen molar-refractivity contribution in [3.8, 4) is 5.13 Å². The fourth-order valence-electron chi connectivity index (χ4n) is 3.88. The fraction of sp³-hybridized carbons (Fsp3) is 0.190. The second-order valence-electron chi connectivity index (χ2n) is 7.30. The quantitative estimate of drug-likeness (QED) is 0.360. The molecule has 0 spiro atoms. The second kappa shape index (κ2) is 7.16. The third-order valence-corrected chi connectivity index (χ3v) is 6.73. The maximum atomic E-state index is 13.2. The molecule has 0 saturated carbocycles. The van der Waals surface area contributed by atoms with Crippen molar-refractivity contribution in [3.05, 3.63) is 69.3 Å². The van der Waals surface area contributed by atoms with Gasteiger partial charge in [-0.05, 0) is 36.8 Å². The van der Waals surface area contributed by atoms with Gasteiger partial charge in [-0.1, -0.05) is 45.5 Å². The molecule has 0 radical (unpaired) electrons. The topological polar surface area (TPSA) is 59.8 Å². The monoisotopic (exact) mass is 506 g/mol. The molecule has 5 nitrogen and oxygen atoms in total. The van der Waals surface area contributed by atoms with Gasteiger partial charge in [0.1, 0.15) is 5.82 Å². The lowest BCUT2D eigenvalue weighted by Gasteiger charge is -2.24. The summed E-state index contributed by atoms with van der Waals surface area (Å²) in [6.07, 6.45) is -4.40. The number of aryl methyl sites for hydroxylation is 1. The number of fused-ring (bicyclic) bond motifs is 2. The molecule has 3 heterocycles. The Kier molecular flexibility index (Phi) is 4.67. The van der Waals surface area contributed by atoms with E-state index in [1.165, 1.54) is 17.4 Å². The van der Waals surface area contributed by atoms with E-state index in [9.17, 15) is 18.0 Å². The van der Waals surface area contributed by atoms with E-state index >= 15 is 0 Å². The molecule has 1 amide bonds. The van der Waals surface area contributed by atoms with Crippen molar-refractivity contribution < 1.29 is 18.0 Å². The number of benzene rings is 2. The molecular formula is C21H14BrF3N4OS. The number of nitrogens with zero attached hydrogens (tertiary/aromatic N) is 3. The minimum Gasteiger partial charge on any atom is -0.310 e. The highest BCUT2D eigenvalue weighted by Gasteiger charge is 2.35. The van der Waals surface area contributed by atoms with Gasteiger partial charge < -0.3 is 5.32 Å². The first-order valence-electron chi connectivity index (χ1n) is 9.33. The van der Waals surface area contributed by atoms with Gasteiger partial charge in [0.05, 0.1) is 21.5 Å². The van der Waals surface area contributed by atoms with Crippen molar-refractivity contribution >= 4 is 49.2 Å². The minimum atomic E-state index is -4.45. The van der Waals surface area contributed by atoms with Crippen LogP contribution in [0.4, 0.5) is 19.0 Å². The molecule has 0 unspecified atom stereocenters. The maximum absolute atomic E-state index is 13.2. The average molecular weight is 507 g/mol. The van der Waals surface area contributed by atoms with Crippen LogP contribution in [-0.4, -0.2) is 20.7 Å². The predicted molar refractivity (Wildman–Crippen MR) is 116 cm³/mol. The molecule has 1 aliphatic rings. The van der Waals surface area contributed by atoms with E-state index in [0.29, 0.717) is 27.8 Å². The molecule has 2 aromatic carbocycles. The number of anilines is 1. The van der Waals surface area contributed by atoms with Crippen molar-refractivity contribution in [1.82, 2.24) is 14.8 Å². The lowest BCUT2D eigenvalue weighted by Crippen LogP contribution is -2.25. The summed E-state index contributed by atoms with van der Waals surface area (Å²) in [6, 6.07) is 10.8. The Morgan fingerprint density at radius 2 is 2.03 bits per heavy atom. The van der Waals surface area contributed by atoms with Crippen molar-refractivity contribution in [2.24, 2.45) is 0 Å². The first-order valence-corrected chi connectivity index (χ1v) is 10.9. The summed E-state index contributed by atoms with van der Waals surface area (Å²) < 4.78 is 43.1. The van der Waals surface area contributed by atoms with E-state index in [1.807, 2.05) is 18.2 Å². The first kappa shape index (κ1) is 20.2. The molecule has 1 aliphatic heterocycles. The summed E-state index contributed by atoms with van der Waals surface area (Å²) >= 11 is 4.86. The van der Waals surface area contributed by atoms with Crippen molar-refractivity contribution in [1.29, 1.82) is 0 Å². The van der Waals surface area contributed by atoms with Crippen molar-refractivity contribution in [2.45, 2.75) is 25.4 Å². The summed E-state index contributed by atoms with van der Waals surface area (Å²) in [5.41, 5.74) is 1.83. The Labute approximate surface area is 187 Å². The number of carbonyl (C=O) groups excluding carboxylic acids is 1. The van der Waals surface area contributed by atoms with E-state index in [0.717, 1.165) is 26.8 Å². The number of nitrogens with one attached hydrogen (secondary N) is 1. The summed E-state index contributed by atoms with van der Waals surface area (Å²) in [5, 5.41) is 7.99. The Hall–Kier alpha value is -2.72. The van der Waals surface area contributed by atoms with Crippen LogP contribution in [0.2, 0.25) is 0 Å². The SMILES string of the molecule is Cc1nn(-c2nc3ccc(Br)cc3s2)c2c1[C@H](c1cccc(C(F)(F)F)c1)CC(=O)N2. The molecule has 0 fully saturated rings. The average Bonchev–Trinajstić information content (AvgIpc) is 3.27. The smallest absolute Gasteiger partial charge is 0.310 e. The van der Waals surface area contributed by atoms with Crippen LogP contribution >= 0.6 is 27.3 Å². The van der Waals surface area contributed by atoms with Crippen LogP contribution in [-0.2, 0) is 11.0 Å². The first-order chi connectivity index (χ1) is 14.7. The molecule has 1 N–H and O–H groups in total. The number of aromatic nitrogens is 3. The van der Waals surface area contributed by atoms with Gasteiger partial charge in [-0.15, -0.1) is 0 Å². The van der Waals surface area contributed by atoms with Crippen LogP contribution in [0.1, 0.15) is 34.7 Å². The summed E-state index contributed by atoms with van der Waals surface area (Å²) in [4.78, 5) is 17.1. The summed E-state index contributed by atoms with van der Waals surface area (Å²) in [5.74, 6) is -0.350. The van der Waals surface area contributed by atoms with Gasteiger partial charge in [0, 0.05) is 22.4 Å². The summed E-state index contributed by atoms with van der Waals surface area (Å²) in [6.45, 7) is 1.79. The lowest BCUT2D eigenvalue weighted by molar-refractivity contribution is -0.137. The fourth-order valence-corrected chi connectivity index (χ4v) is 5.35. The lowest BCUT2D eigenvalue weighted by atomic mass is 9.85. The van der Waals surface area contributed by atoms with Crippen LogP contribution in [0, 0.1) is 6.92 Å². The molecule has 10 heteroatoms. The zero-order chi connectivity index (χ0) is 21.9. The Bertz CT molecular complexity index is 1340. The third kappa shape index (κ3) is 3.53. The predicted octanol–water partition coefficient (Wildman–Crippen LogP) is 6.05. The molecule has 31 heavy (non-hydrogen) atoms. The number of alkyl halides is 3. The van der Waals surface area contributed by atoms with Gasteiger partial charge in [0.25, 0.3) is 0 Å². The minimum absolute atomic E-state index is 0.0492. The number of halogens is 4. The van der Waals surface area contributed by atoms with Gasteiger partial charge in [-0.2, -0.15) is 23.0 Å². The number of carbonyl (C=O) groups is 1. The van der Waals surface area contributed by atoms with E-state index in [-0.39, 0.29) is 12.3 Å². The van der Waals surface area contributed by atoms with E-state index in [2.05, 4.69) is 31.3 Å². The molecule has 0 saturated heterocycles. The molecule has 158 valence electrons. The molecule has 2 aromatic heterocycles. The zero-order valence-corrected chi connectivity index (χ0v) is 18.4. The number of amides is 1. The van der Waals surface area contributed by atoms with Gasteiger partial charge in [-0.25, -0.2) is 4.98 Å². The number of rotatable bonds is 2. The molecule has 0 aliphatic carbocycles.